The van der Waals surface area contributed by atoms with E-state index in [-0.39, 0.29) is 34.8 Å². The number of fused-ring (bicyclic) bond motifs is 1. The van der Waals surface area contributed by atoms with Crippen molar-refractivity contribution in [3.63, 3.8) is 0 Å². The molecule has 2 aromatic carbocycles. The Hall–Kier alpha value is -4.29. The second-order valence-electron chi connectivity index (χ2n) is 7.69. The minimum atomic E-state index is -4.95. The van der Waals surface area contributed by atoms with Gasteiger partial charge in [-0.1, -0.05) is 12.1 Å². The molecule has 2 amide bonds. The molecule has 8 nitrogen and oxygen atoms in total. The first-order valence-electron chi connectivity index (χ1n) is 10.7. The van der Waals surface area contributed by atoms with Gasteiger partial charge in [0.05, 0.1) is 30.6 Å². The molecule has 13 heteroatoms. The number of ether oxygens (including phenoxy) is 1. The maximum absolute atomic E-state index is 14.0. The highest BCUT2D eigenvalue weighted by Crippen LogP contribution is 2.35. The summed E-state index contributed by atoms with van der Waals surface area (Å²) >= 11 is 0. The number of halogens is 5. The summed E-state index contributed by atoms with van der Waals surface area (Å²) in [5, 5.41) is 4.97. The van der Waals surface area contributed by atoms with Crippen LogP contribution >= 0.6 is 0 Å². The lowest BCUT2D eigenvalue weighted by atomic mass is 10.1. The van der Waals surface area contributed by atoms with E-state index in [4.69, 9.17) is 4.74 Å². The number of amides is 2. The lowest BCUT2D eigenvalue weighted by Gasteiger charge is -2.18. The SMILES string of the molecule is C=N/C=C(\C(=Nc1cccc2c1C(=O)N(CC(F)F)C2)Nc1ccc(C(=O)NC)cc1OC)C(F)(F)F. The highest BCUT2D eigenvalue weighted by molar-refractivity contribution is 6.12. The number of rotatable bonds is 8. The molecule has 0 saturated carbocycles. The maximum Gasteiger partial charge on any atom is 0.421 e. The number of benzene rings is 2. The van der Waals surface area contributed by atoms with Gasteiger partial charge in [0.2, 0.25) is 0 Å². The first-order chi connectivity index (χ1) is 17.5. The van der Waals surface area contributed by atoms with E-state index in [1.54, 1.807) is 0 Å². The van der Waals surface area contributed by atoms with Crippen LogP contribution < -0.4 is 15.4 Å². The number of nitrogens with one attached hydrogen (secondary N) is 2. The zero-order chi connectivity index (χ0) is 27.3. The van der Waals surface area contributed by atoms with Crippen molar-refractivity contribution in [1.29, 1.82) is 0 Å². The van der Waals surface area contributed by atoms with Gasteiger partial charge in [-0.05, 0) is 36.5 Å². The molecule has 0 fully saturated rings. The minimum Gasteiger partial charge on any atom is -0.495 e. The largest absolute Gasteiger partial charge is 0.495 e. The molecular weight excluding hydrogens is 501 g/mol. The van der Waals surface area contributed by atoms with Crippen molar-refractivity contribution in [2.45, 2.75) is 19.1 Å². The third-order valence-electron chi connectivity index (χ3n) is 5.31. The average molecular weight is 523 g/mol. The number of carbonyl (C=O) groups excluding carboxylic acids is 2. The Morgan fingerprint density at radius 1 is 1.27 bits per heavy atom. The number of nitrogens with zero attached hydrogens (tertiary/aromatic N) is 3. The standard InChI is InChI=1S/C24H22F5N5O3/c1-30-10-15(24(27,28)29)21(32-16-8-7-13(22(35)31-2)9-18(16)37-3)33-17-6-4-5-14-11-34(12-19(25)26)23(36)20(14)17/h4-10,19H,1,11-12H2,2-3H3,(H,31,35)(H,32,33)/b15-10+. The van der Waals surface area contributed by atoms with E-state index in [1.807, 2.05) is 0 Å². The molecule has 0 aliphatic carbocycles. The Morgan fingerprint density at radius 3 is 2.59 bits per heavy atom. The van der Waals surface area contributed by atoms with Crippen LogP contribution in [0.1, 0.15) is 26.3 Å². The van der Waals surface area contributed by atoms with Crippen molar-refractivity contribution in [3.05, 3.63) is 64.9 Å². The Kier molecular flexibility index (Phi) is 8.25. The van der Waals surface area contributed by atoms with Crippen molar-refractivity contribution in [1.82, 2.24) is 10.2 Å². The van der Waals surface area contributed by atoms with Crippen LogP contribution in [0.3, 0.4) is 0 Å². The quantitative estimate of drug-likeness (QED) is 0.301. The van der Waals surface area contributed by atoms with E-state index < -0.39 is 42.4 Å². The summed E-state index contributed by atoms with van der Waals surface area (Å²) in [5.74, 6) is -1.96. The third-order valence-corrected chi connectivity index (χ3v) is 5.31. The molecule has 0 bridgehead atoms. The average Bonchev–Trinajstić information content (AvgIpc) is 3.16. The summed E-state index contributed by atoms with van der Waals surface area (Å²) < 4.78 is 73.1. The Morgan fingerprint density at radius 2 is 2.00 bits per heavy atom. The third kappa shape index (κ3) is 6.11. The first-order valence-corrected chi connectivity index (χ1v) is 10.7. The van der Waals surface area contributed by atoms with Gasteiger partial charge in [-0.15, -0.1) is 0 Å². The predicted molar refractivity (Wildman–Crippen MR) is 128 cm³/mol. The topological polar surface area (TPSA) is 95.4 Å². The van der Waals surface area contributed by atoms with E-state index in [2.05, 4.69) is 27.3 Å². The fourth-order valence-electron chi connectivity index (χ4n) is 3.65. The van der Waals surface area contributed by atoms with Gasteiger partial charge in [-0.2, -0.15) is 13.2 Å². The molecule has 0 saturated heterocycles. The number of hydrogen-bond donors (Lipinski definition) is 2. The molecule has 3 rings (SSSR count). The van der Waals surface area contributed by atoms with Crippen molar-refractivity contribution in [2.24, 2.45) is 9.98 Å². The van der Waals surface area contributed by atoms with Gasteiger partial charge in [0.1, 0.15) is 17.2 Å². The predicted octanol–water partition coefficient (Wildman–Crippen LogP) is 4.56. The number of carbonyl (C=O) groups is 2. The molecule has 1 heterocycles. The second kappa shape index (κ2) is 11.2. The molecule has 196 valence electrons. The Balaban J connectivity index is 2.15. The van der Waals surface area contributed by atoms with Crippen LogP contribution in [0.2, 0.25) is 0 Å². The van der Waals surface area contributed by atoms with E-state index in [1.165, 1.54) is 50.6 Å². The van der Waals surface area contributed by atoms with Gasteiger partial charge in [0.15, 0.2) is 0 Å². The minimum absolute atomic E-state index is 0.0198. The monoisotopic (exact) mass is 523 g/mol. The van der Waals surface area contributed by atoms with Crippen molar-refractivity contribution < 1.29 is 36.3 Å². The van der Waals surface area contributed by atoms with E-state index in [0.717, 1.165) is 4.90 Å². The summed E-state index contributed by atoms with van der Waals surface area (Å²) in [5.41, 5.74) is -1.02. The number of hydrogen-bond acceptors (Lipinski definition) is 5. The number of amidine groups is 1. The number of aliphatic imine (C=N–C) groups is 2. The summed E-state index contributed by atoms with van der Waals surface area (Å²) in [7, 11) is 2.67. The number of alkyl halides is 5. The van der Waals surface area contributed by atoms with Gasteiger partial charge in [-0.25, -0.2) is 13.8 Å². The maximum atomic E-state index is 14.0. The molecule has 0 aromatic heterocycles. The van der Waals surface area contributed by atoms with E-state index >= 15 is 0 Å². The smallest absolute Gasteiger partial charge is 0.421 e. The number of anilines is 1. The molecular formula is C24H22F5N5O3. The summed E-state index contributed by atoms with van der Waals surface area (Å²) in [6, 6.07) is 8.25. The molecule has 37 heavy (non-hydrogen) atoms. The van der Waals surface area contributed by atoms with Gasteiger partial charge in [0, 0.05) is 25.4 Å². The first kappa shape index (κ1) is 27.3. The second-order valence-corrected chi connectivity index (χ2v) is 7.69. The van der Waals surface area contributed by atoms with Gasteiger partial charge < -0.3 is 20.3 Å². The molecule has 0 radical (unpaired) electrons. The van der Waals surface area contributed by atoms with Gasteiger partial charge in [-0.3, -0.25) is 14.6 Å². The van der Waals surface area contributed by atoms with Crippen molar-refractivity contribution in [2.75, 3.05) is 26.0 Å². The van der Waals surface area contributed by atoms with Gasteiger partial charge >= 0.3 is 6.18 Å². The molecule has 0 atom stereocenters. The lowest BCUT2D eigenvalue weighted by Crippen LogP contribution is -2.29. The van der Waals surface area contributed by atoms with Crippen LogP contribution in [-0.2, 0) is 6.54 Å². The Bertz CT molecular complexity index is 1270. The van der Waals surface area contributed by atoms with Crippen LogP contribution in [0.4, 0.5) is 33.3 Å². The summed E-state index contributed by atoms with van der Waals surface area (Å²) in [6.45, 7) is 2.12. The van der Waals surface area contributed by atoms with Crippen molar-refractivity contribution >= 4 is 35.7 Å². The zero-order valence-electron chi connectivity index (χ0n) is 19.7. The molecule has 0 unspecified atom stereocenters. The Labute approximate surface area is 208 Å². The zero-order valence-corrected chi connectivity index (χ0v) is 19.7. The fourth-order valence-corrected chi connectivity index (χ4v) is 3.65. The molecule has 2 N–H and O–H groups in total. The van der Waals surface area contributed by atoms with Crippen LogP contribution in [0.15, 0.2) is 58.2 Å². The molecule has 1 aliphatic heterocycles. The van der Waals surface area contributed by atoms with E-state index in [0.29, 0.717) is 11.8 Å². The molecule has 0 spiro atoms. The summed E-state index contributed by atoms with van der Waals surface area (Å²) in [6.07, 6.45) is -7.29. The van der Waals surface area contributed by atoms with Crippen LogP contribution in [0, 0.1) is 0 Å². The normalized spacial score (nSPS) is 14.1. The van der Waals surface area contributed by atoms with Crippen LogP contribution in [0.25, 0.3) is 0 Å². The summed E-state index contributed by atoms with van der Waals surface area (Å²) in [4.78, 5) is 33.0. The lowest BCUT2D eigenvalue weighted by molar-refractivity contribution is -0.0862. The number of methoxy groups -OCH3 is 1. The molecule has 1 aliphatic rings. The van der Waals surface area contributed by atoms with Crippen LogP contribution in [-0.4, -0.2) is 62.6 Å². The highest BCUT2D eigenvalue weighted by Gasteiger charge is 2.38. The van der Waals surface area contributed by atoms with E-state index in [9.17, 15) is 31.5 Å². The molecule has 2 aromatic rings. The highest BCUT2D eigenvalue weighted by atomic mass is 19.4. The van der Waals surface area contributed by atoms with Crippen molar-refractivity contribution in [3.8, 4) is 5.75 Å². The van der Waals surface area contributed by atoms with Crippen LogP contribution in [0.5, 0.6) is 5.75 Å². The fraction of sp³-hybridized carbons (Fsp3) is 0.250. The van der Waals surface area contributed by atoms with Gasteiger partial charge in [0.25, 0.3) is 18.2 Å².